The van der Waals surface area contributed by atoms with Crippen LogP contribution in [0.5, 0.6) is 0 Å². The highest BCUT2D eigenvalue weighted by Gasteiger charge is 2.19. The van der Waals surface area contributed by atoms with Crippen molar-refractivity contribution in [2.24, 2.45) is 7.05 Å². The van der Waals surface area contributed by atoms with Crippen molar-refractivity contribution in [3.63, 3.8) is 0 Å². The molecule has 166 valence electrons. The van der Waals surface area contributed by atoms with E-state index in [0.717, 1.165) is 0 Å². The molecule has 1 aromatic heterocycles. The first-order valence-corrected chi connectivity index (χ1v) is 10.7. The molecule has 2 aromatic carbocycles. The third-order valence-corrected chi connectivity index (χ3v) is 5.68. The molecule has 0 aliphatic rings. The van der Waals surface area contributed by atoms with Crippen molar-refractivity contribution in [1.82, 2.24) is 20.1 Å². The second-order valence-corrected chi connectivity index (χ2v) is 8.00. The Hall–Kier alpha value is -3.73. The van der Waals surface area contributed by atoms with Gasteiger partial charge in [0, 0.05) is 29.9 Å². The van der Waals surface area contributed by atoms with Crippen LogP contribution in [0.2, 0.25) is 0 Å². The van der Waals surface area contributed by atoms with Crippen LogP contribution < -0.4 is 10.6 Å². The fraction of sp³-hybridized carbons (Fsp3) is 0.238. The van der Waals surface area contributed by atoms with E-state index in [1.165, 1.54) is 17.8 Å². The van der Waals surface area contributed by atoms with E-state index in [2.05, 4.69) is 20.8 Å². The second kappa shape index (κ2) is 10.1. The van der Waals surface area contributed by atoms with Crippen molar-refractivity contribution in [2.45, 2.75) is 25.0 Å². The summed E-state index contributed by atoms with van der Waals surface area (Å²) in [4.78, 5) is 35.2. The molecule has 0 aliphatic heterocycles. The van der Waals surface area contributed by atoms with Crippen LogP contribution in [-0.2, 0) is 11.8 Å². The van der Waals surface area contributed by atoms with Crippen molar-refractivity contribution in [3.8, 4) is 0 Å². The molecule has 0 radical (unpaired) electrons. The number of amides is 2. The molecule has 3 aromatic rings. The summed E-state index contributed by atoms with van der Waals surface area (Å²) in [5, 5.41) is 25.3. The maximum atomic E-state index is 12.4. The van der Waals surface area contributed by atoms with Gasteiger partial charge < -0.3 is 15.2 Å². The van der Waals surface area contributed by atoms with Crippen molar-refractivity contribution in [1.29, 1.82) is 0 Å². The van der Waals surface area contributed by atoms with Crippen LogP contribution in [-0.4, -0.2) is 37.3 Å². The number of benzene rings is 2. The van der Waals surface area contributed by atoms with E-state index in [9.17, 15) is 19.7 Å². The third-order valence-electron chi connectivity index (χ3n) is 4.66. The maximum Gasteiger partial charge on any atom is 0.274 e. The number of carbonyl (C=O) groups is 2. The van der Waals surface area contributed by atoms with Crippen LogP contribution in [0, 0.1) is 17.0 Å². The summed E-state index contributed by atoms with van der Waals surface area (Å²) in [7, 11) is 1.75. The smallest absolute Gasteiger partial charge is 0.274 e. The Morgan fingerprint density at radius 1 is 1.19 bits per heavy atom. The van der Waals surface area contributed by atoms with E-state index in [4.69, 9.17) is 0 Å². The lowest BCUT2D eigenvalue weighted by molar-refractivity contribution is -0.385. The molecule has 2 amide bonds. The van der Waals surface area contributed by atoms with Crippen molar-refractivity contribution >= 4 is 35.0 Å². The van der Waals surface area contributed by atoms with Crippen LogP contribution in [0.25, 0.3) is 0 Å². The maximum absolute atomic E-state index is 12.4. The summed E-state index contributed by atoms with van der Waals surface area (Å²) in [5.41, 5.74) is 1.36. The molecule has 0 fully saturated rings. The van der Waals surface area contributed by atoms with Crippen LogP contribution in [0.3, 0.4) is 0 Å². The number of nitrogens with zero attached hydrogens (tertiary/aromatic N) is 4. The lowest BCUT2D eigenvalue weighted by Crippen LogP contribution is -2.28. The largest absolute Gasteiger partial charge is 0.342 e. The second-order valence-electron chi connectivity index (χ2n) is 7.06. The quantitative estimate of drug-likeness (QED) is 0.303. The molecule has 32 heavy (non-hydrogen) atoms. The minimum atomic E-state index is -0.488. The first kappa shape index (κ1) is 22.9. The minimum Gasteiger partial charge on any atom is -0.342 e. The predicted molar refractivity (Wildman–Crippen MR) is 121 cm³/mol. The lowest BCUT2D eigenvalue weighted by Gasteiger charge is -2.13. The first-order chi connectivity index (χ1) is 15.3. The molecule has 11 heteroatoms. The zero-order valence-electron chi connectivity index (χ0n) is 17.7. The fourth-order valence-corrected chi connectivity index (χ4v) is 3.69. The lowest BCUT2D eigenvalue weighted by atomic mass is 10.2. The average Bonchev–Trinajstić information content (AvgIpc) is 3.14. The highest BCUT2D eigenvalue weighted by Crippen LogP contribution is 2.23. The summed E-state index contributed by atoms with van der Waals surface area (Å²) in [6, 6.07) is 13.0. The molecule has 0 bridgehead atoms. The van der Waals surface area contributed by atoms with Gasteiger partial charge >= 0.3 is 0 Å². The summed E-state index contributed by atoms with van der Waals surface area (Å²) in [5.74, 6) is 0.0367. The molecule has 0 saturated heterocycles. The van der Waals surface area contributed by atoms with Crippen LogP contribution in [0.15, 0.2) is 53.7 Å². The molecule has 3 rings (SSSR count). The van der Waals surface area contributed by atoms with Gasteiger partial charge in [0.15, 0.2) is 11.0 Å². The fourth-order valence-electron chi connectivity index (χ4n) is 2.97. The highest BCUT2D eigenvalue weighted by molar-refractivity contribution is 7.99. The van der Waals surface area contributed by atoms with Gasteiger partial charge in [-0.05, 0) is 32.0 Å². The van der Waals surface area contributed by atoms with Crippen molar-refractivity contribution in [2.75, 3.05) is 11.1 Å². The van der Waals surface area contributed by atoms with Gasteiger partial charge in [-0.15, -0.1) is 10.2 Å². The number of rotatable bonds is 8. The van der Waals surface area contributed by atoms with Gasteiger partial charge in [0.1, 0.15) is 0 Å². The van der Waals surface area contributed by atoms with Gasteiger partial charge in [-0.3, -0.25) is 19.7 Å². The van der Waals surface area contributed by atoms with Gasteiger partial charge in [-0.2, -0.15) is 0 Å². The van der Waals surface area contributed by atoms with Gasteiger partial charge in [0.25, 0.3) is 11.6 Å². The van der Waals surface area contributed by atoms with Crippen molar-refractivity contribution < 1.29 is 14.5 Å². The topological polar surface area (TPSA) is 132 Å². The van der Waals surface area contributed by atoms with Crippen LogP contribution in [0.4, 0.5) is 11.4 Å². The van der Waals surface area contributed by atoms with Crippen molar-refractivity contribution in [3.05, 3.63) is 75.6 Å². The SMILES string of the molecule is Cc1ccc(NC(=O)CSc2nnc([C@H](C)NC(=O)c3ccccc3)n2C)cc1[N+](=O)[O-]. The van der Waals surface area contributed by atoms with E-state index >= 15 is 0 Å². The Morgan fingerprint density at radius 2 is 1.91 bits per heavy atom. The van der Waals surface area contributed by atoms with E-state index in [-0.39, 0.29) is 23.3 Å². The van der Waals surface area contributed by atoms with Crippen LogP contribution >= 0.6 is 11.8 Å². The molecule has 0 unspecified atom stereocenters. The summed E-state index contributed by atoms with van der Waals surface area (Å²) < 4.78 is 1.71. The van der Waals surface area contributed by atoms with Gasteiger partial charge in [0.2, 0.25) is 5.91 Å². The molecule has 1 heterocycles. The Balaban J connectivity index is 1.58. The summed E-state index contributed by atoms with van der Waals surface area (Å²) in [6.07, 6.45) is 0. The Bertz CT molecular complexity index is 1150. The Morgan fingerprint density at radius 3 is 2.59 bits per heavy atom. The number of aryl methyl sites for hydroxylation is 1. The van der Waals surface area contributed by atoms with Crippen LogP contribution in [0.1, 0.15) is 34.7 Å². The first-order valence-electron chi connectivity index (χ1n) is 9.69. The molecule has 10 nitrogen and oxygen atoms in total. The molecule has 1 atom stereocenters. The van der Waals surface area contributed by atoms with E-state index in [1.54, 1.807) is 61.9 Å². The van der Waals surface area contributed by atoms with E-state index in [1.807, 2.05) is 6.07 Å². The number of nitrogens with one attached hydrogen (secondary N) is 2. The van der Waals surface area contributed by atoms with E-state index in [0.29, 0.717) is 27.8 Å². The number of nitro benzene ring substituents is 1. The van der Waals surface area contributed by atoms with Gasteiger partial charge in [0.05, 0.1) is 16.7 Å². The summed E-state index contributed by atoms with van der Waals surface area (Å²) in [6.45, 7) is 3.44. The van der Waals surface area contributed by atoms with Gasteiger partial charge in [-0.25, -0.2) is 0 Å². The number of aromatic nitrogens is 3. The zero-order chi connectivity index (χ0) is 23.3. The molecule has 0 saturated carbocycles. The molecule has 0 spiro atoms. The molecular weight excluding hydrogens is 432 g/mol. The van der Waals surface area contributed by atoms with E-state index < -0.39 is 11.0 Å². The number of thioether (sulfide) groups is 1. The van der Waals surface area contributed by atoms with Gasteiger partial charge in [-0.1, -0.05) is 36.0 Å². The number of hydrogen-bond acceptors (Lipinski definition) is 7. The number of hydrogen-bond donors (Lipinski definition) is 2. The summed E-state index contributed by atoms with van der Waals surface area (Å²) >= 11 is 1.17. The number of nitro groups is 1. The average molecular weight is 455 g/mol. The highest BCUT2D eigenvalue weighted by atomic mass is 32.2. The normalized spacial score (nSPS) is 11.6. The number of anilines is 1. The zero-order valence-corrected chi connectivity index (χ0v) is 18.5. The standard InChI is InChI=1S/C21H22N6O4S/c1-13-9-10-16(11-17(13)27(30)31)23-18(28)12-32-21-25-24-19(26(21)3)14(2)22-20(29)15-7-5-4-6-8-15/h4-11,14H,12H2,1-3H3,(H,22,29)(H,23,28)/t14-/m0/s1. The Kier molecular flexibility index (Phi) is 7.21. The molecule has 2 N–H and O–H groups in total. The number of carbonyl (C=O) groups excluding carboxylic acids is 2. The molecule has 0 aliphatic carbocycles. The monoisotopic (exact) mass is 454 g/mol. The molecular formula is C21H22N6O4S. The predicted octanol–water partition coefficient (Wildman–Crippen LogP) is 3.25. The Labute approximate surface area is 188 Å². The minimum absolute atomic E-state index is 0.0401. The third kappa shape index (κ3) is 5.49.